The van der Waals surface area contributed by atoms with E-state index in [4.69, 9.17) is 4.74 Å². The molecule has 0 atom stereocenters. The Morgan fingerprint density at radius 1 is 1.27 bits per heavy atom. The average Bonchev–Trinajstić information content (AvgIpc) is 2.07. The van der Waals surface area contributed by atoms with Crippen LogP contribution < -0.4 is 9.46 Å². The van der Waals surface area contributed by atoms with E-state index in [1.165, 1.54) is 7.11 Å². The van der Waals surface area contributed by atoms with Gasteiger partial charge < -0.3 is 4.74 Å². The van der Waals surface area contributed by atoms with Crippen LogP contribution in [-0.2, 0) is 10.0 Å². The van der Waals surface area contributed by atoms with Gasteiger partial charge in [0.1, 0.15) is 5.75 Å². The summed E-state index contributed by atoms with van der Waals surface area (Å²) >= 11 is 6.54. The van der Waals surface area contributed by atoms with Crippen LogP contribution in [-0.4, -0.2) is 21.8 Å². The largest absolute Gasteiger partial charge is 0.495 e. The Bertz CT molecular complexity index is 473. The lowest BCUT2D eigenvalue weighted by Gasteiger charge is -2.10. The van der Waals surface area contributed by atoms with Crippen molar-refractivity contribution >= 4 is 47.6 Å². The summed E-state index contributed by atoms with van der Waals surface area (Å²) < 4.78 is 30.9. The second-order valence-electron chi connectivity index (χ2n) is 2.84. The smallest absolute Gasteiger partial charge is 0.229 e. The van der Waals surface area contributed by atoms with Gasteiger partial charge >= 0.3 is 0 Å². The minimum atomic E-state index is -3.29. The number of halogens is 2. The van der Waals surface area contributed by atoms with Crippen molar-refractivity contribution in [3.63, 3.8) is 0 Å². The molecule has 0 spiro atoms. The molecule has 4 nitrogen and oxygen atoms in total. The van der Waals surface area contributed by atoms with Crippen LogP contribution in [0.15, 0.2) is 21.1 Å². The second-order valence-corrected chi connectivity index (χ2v) is 6.30. The fourth-order valence-electron chi connectivity index (χ4n) is 0.963. The number of anilines is 1. The molecule has 1 aromatic carbocycles. The molecule has 0 aliphatic heterocycles. The zero-order valence-corrected chi connectivity index (χ0v) is 12.0. The third-order valence-electron chi connectivity index (χ3n) is 1.54. The Kier molecular flexibility index (Phi) is 4.02. The fraction of sp³-hybridized carbons (Fsp3) is 0.250. The van der Waals surface area contributed by atoms with Crippen molar-refractivity contribution in [1.82, 2.24) is 0 Å². The number of sulfonamides is 1. The lowest BCUT2D eigenvalue weighted by atomic mass is 10.3. The molecular formula is C8H9Br2NO3S. The van der Waals surface area contributed by atoms with Gasteiger partial charge in [0.05, 0.1) is 23.5 Å². The van der Waals surface area contributed by atoms with Gasteiger partial charge in [-0.05, 0) is 37.9 Å². The molecule has 0 bridgehead atoms. The summed E-state index contributed by atoms with van der Waals surface area (Å²) in [5.41, 5.74) is 0.442. The van der Waals surface area contributed by atoms with E-state index in [0.29, 0.717) is 15.9 Å². The second kappa shape index (κ2) is 4.71. The monoisotopic (exact) mass is 357 g/mol. The molecule has 0 saturated carbocycles. The zero-order chi connectivity index (χ0) is 11.6. The van der Waals surface area contributed by atoms with Crippen molar-refractivity contribution in [2.24, 2.45) is 0 Å². The molecule has 0 aliphatic rings. The predicted molar refractivity (Wildman–Crippen MR) is 66.9 cm³/mol. The van der Waals surface area contributed by atoms with Crippen molar-refractivity contribution in [2.45, 2.75) is 0 Å². The summed E-state index contributed by atoms with van der Waals surface area (Å²) in [6, 6.07) is 3.31. The molecule has 7 heteroatoms. The van der Waals surface area contributed by atoms with Gasteiger partial charge in [-0.1, -0.05) is 0 Å². The maximum Gasteiger partial charge on any atom is 0.229 e. The maximum absolute atomic E-state index is 11.1. The van der Waals surface area contributed by atoms with Crippen LogP contribution in [0.3, 0.4) is 0 Å². The summed E-state index contributed by atoms with van der Waals surface area (Å²) in [6.07, 6.45) is 1.09. The fourth-order valence-corrected chi connectivity index (χ4v) is 2.92. The summed E-state index contributed by atoms with van der Waals surface area (Å²) in [6.45, 7) is 0. The predicted octanol–water partition coefficient (Wildman–Crippen LogP) is 2.59. The van der Waals surface area contributed by atoms with Gasteiger partial charge in [0.2, 0.25) is 10.0 Å². The van der Waals surface area contributed by atoms with E-state index in [1.807, 2.05) is 0 Å². The SMILES string of the molecule is COc1cc(NS(C)(=O)=O)c(Br)cc1Br. The molecular weight excluding hydrogens is 350 g/mol. The van der Waals surface area contributed by atoms with Crippen LogP contribution in [0, 0.1) is 0 Å². The van der Waals surface area contributed by atoms with Crippen LogP contribution in [0.5, 0.6) is 5.75 Å². The van der Waals surface area contributed by atoms with Gasteiger partial charge in [0, 0.05) is 10.5 Å². The number of hydrogen-bond acceptors (Lipinski definition) is 3. The standard InChI is InChI=1S/C8H9Br2NO3S/c1-14-8-4-7(11-15(2,12)13)5(9)3-6(8)10/h3-4,11H,1-2H3. The summed E-state index contributed by atoms with van der Waals surface area (Å²) in [7, 11) is -1.78. The average molecular weight is 359 g/mol. The van der Waals surface area contributed by atoms with Gasteiger partial charge in [-0.15, -0.1) is 0 Å². The molecule has 1 aromatic rings. The van der Waals surface area contributed by atoms with Gasteiger partial charge in [-0.25, -0.2) is 8.42 Å². The van der Waals surface area contributed by atoms with E-state index in [1.54, 1.807) is 12.1 Å². The minimum absolute atomic E-state index is 0.442. The van der Waals surface area contributed by atoms with Crippen molar-refractivity contribution in [3.8, 4) is 5.75 Å². The summed E-state index contributed by atoms with van der Waals surface area (Å²) in [5, 5.41) is 0. The first kappa shape index (κ1) is 12.8. The highest BCUT2D eigenvalue weighted by Crippen LogP contribution is 2.34. The molecule has 0 aliphatic carbocycles. The van der Waals surface area contributed by atoms with E-state index in [-0.39, 0.29) is 0 Å². The molecule has 0 heterocycles. The van der Waals surface area contributed by atoms with Gasteiger partial charge in [0.25, 0.3) is 0 Å². The summed E-state index contributed by atoms with van der Waals surface area (Å²) in [4.78, 5) is 0. The lowest BCUT2D eigenvalue weighted by Crippen LogP contribution is -2.10. The molecule has 0 amide bonds. The molecule has 0 unspecified atom stereocenters. The molecule has 84 valence electrons. The molecule has 1 N–H and O–H groups in total. The quantitative estimate of drug-likeness (QED) is 0.903. The molecule has 15 heavy (non-hydrogen) atoms. The Morgan fingerprint density at radius 2 is 1.87 bits per heavy atom. The Morgan fingerprint density at radius 3 is 2.33 bits per heavy atom. The van der Waals surface area contributed by atoms with Crippen LogP contribution in [0.1, 0.15) is 0 Å². The maximum atomic E-state index is 11.1. The molecule has 0 saturated heterocycles. The van der Waals surface area contributed by atoms with E-state index in [9.17, 15) is 8.42 Å². The highest BCUT2D eigenvalue weighted by molar-refractivity contribution is 9.11. The van der Waals surface area contributed by atoms with Crippen molar-refractivity contribution in [3.05, 3.63) is 21.1 Å². The number of hydrogen-bond donors (Lipinski definition) is 1. The number of benzene rings is 1. The van der Waals surface area contributed by atoms with E-state index in [0.717, 1.165) is 10.7 Å². The first-order valence-electron chi connectivity index (χ1n) is 3.84. The summed E-state index contributed by atoms with van der Waals surface area (Å²) in [5.74, 6) is 0.560. The van der Waals surface area contributed by atoms with Crippen molar-refractivity contribution in [1.29, 1.82) is 0 Å². The zero-order valence-electron chi connectivity index (χ0n) is 8.04. The lowest BCUT2D eigenvalue weighted by molar-refractivity contribution is 0.412. The van der Waals surface area contributed by atoms with Crippen molar-refractivity contribution in [2.75, 3.05) is 18.1 Å². The van der Waals surface area contributed by atoms with Crippen molar-refractivity contribution < 1.29 is 13.2 Å². The number of nitrogens with one attached hydrogen (secondary N) is 1. The van der Waals surface area contributed by atoms with E-state index in [2.05, 4.69) is 36.6 Å². The van der Waals surface area contributed by atoms with Gasteiger partial charge in [-0.3, -0.25) is 4.72 Å². The number of methoxy groups -OCH3 is 1. The topological polar surface area (TPSA) is 55.4 Å². The highest BCUT2D eigenvalue weighted by atomic mass is 79.9. The Labute approximate surface area is 105 Å². The van der Waals surface area contributed by atoms with Crippen LogP contribution >= 0.6 is 31.9 Å². The molecule has 1 rings (SSSR count). The Balaban J connectivity index is 3.19. The van der Waals surface area contributed by atoms with Crippen LogP contribution in [0.4, 0.5) is 5.69 Å². The van der Waals surface area contributed by atoms with Gasteiger partial charge in [-0.2, -0.15) is 0 Å². The van der Waals surface area contributed by atoms with Crippen LogP contribution in [0.2, 0.25) is 0 Å². The molecule has 0 aromatic heterocycles. The molecule has 0 fully saturated rings. The Hall–Kier alpha value is -0.270. The van der Waals surface area contributed by atoms with E-state index < -0.39 is 10.0 Å². The minimum Gasteiger partial charge on any atom is -0.495 e. The molecule has 0 radical (unpaired) electrons. The first-order chi connectivity index (χ1) is 6.83. The third-order valence-corrected chi connectivity index (χ3v) is 3.40. The normalized spacial score (nSPS) is 11.2. The number of ether oxygens (including phenoxy) is 1. The highest BCUT2D eigenvalue weighted by Gasteiger charge is 2.10. The van der Waals surface area contributed by atoms with E-state index >= 15 is 0 Å². The number of rotatable bonds is 3. The van der Waals surface area contributed by atoms with Gasteiger partial charge in [0.15, 0.2) is 0 Å². The van der Waals surface area contributed by atoms with Crippen LogP contribution in [0.25, 0.3) is 0 Å². The first-order valence-corrected chi connectivity index (χ1v) is 7.32. The third kappa shape index (κ3) is 3.66.